The van der Waals surface area contributed by atoms with Crippen molar-refractivity contribution in [1.29, 1.82) is 0 Å². The molecule has 0 amide bonds. The van der Waals surface area contributed by atoms with Gasteiger partial charge in [-0.05, 0) is 6.92 Å². The Morgan fingerprint density at radius 1 is 1.57 bits per heavy atom. The molecule has 2 heteroatoms. The summed E-state index contributed by atoms with van der Waals surface area (Å²) < 4.78 is 0. The highest BCUT2D eigenvalue weighted by molar-refractivity contribution is 8.00. The molecule has 1 fully saturated rings. The van der Waals surface area contributed by atoms with Gasteiger partial charge in [-0.2, -0.15) is 0 Å². The SMILES string of the molecule is CC1NCSC1C. The van der Waals surface area contributed by atoms with Crippen molar-refractivity contribution in [1.82, 2.24) is 5.32 Å². The molecule has 0 aromatic heterocycles. The molecule has 0 radical (unpaired) electrons. The van der Waals surface area contributed by atoms with Gasteiger partial charge >= 0.3 is 0 Å². The second-order valence-corrected chi connectivity index (χ2v) is 3.37. The van der Waals surface area contributed by atoms with Gasteiger partial charge in [-0.3, -0.25) is 0 Å². The molecule has 1 N–H and O–H groups in total. The van der Waals surface area contributed by atoms with Crippen LogP contribution >= 0.6 is 11.8 Å². The van der Waals surface area contributed by atoms with Gasteiger partial charge < -0.3 is 5.32 Å². The first-order valence-corrected chi connectivity index (χ1v) is 3.70. The van der Waals surface area contributed by atoms with Gasteiger partial charge in [0.1, 0.15) is 0 Å². The Balaban J connectivity index is 2.33. The summed E-state index contributed by atoms with van der Waals surface area (Å²) >= 11 is 1.99. The van der Waals surface area contributed by atoms with Crippen molar-refractivity contribution in [3.05, 3.63) is 0 Å². The maximum atomic E-state index is 3.33. The fourth-order valence-electron chi connectivity index (χ4n) is 0.621. The molecule has 0 aromatic rings. The molecule has 1 heterocycles. The van der Waals surface area contributed by atoms with E-state index in [0.29, 0.717) is 0 Å². The summed E-state index contributed by atoms with van der Waals surface area (Å²) in [4.78, 5) is 0. The Morgan fingerprint density at radius 3 is 2.43 bits per heavy atom. The largest absolute Gasteiger partial charge is 0.304 e. The average Bonchev–Trinajstić information content (AvgIpc) is 1.91. The highest BCUT2D eigenvalue weighted by Gasteiger charge is 2.17. The summed E-state index contributed by atoms with van der Waals surface area (Å²) in [5, 5.41) is 4.15. The van der Waals surface area contributed by atoms with Crippen LogP contribution in [0.1, 0.15) is 13.8 Å². The van der Waals surface area contributed by atoms with Crippen LogP contribution in [0.2, 0.25) is 0 Å². The Hall–Kier alpha value is 0.310. The molecule has 0 saturated carbocycles. The molecule has 0 aromatic carbocycles. The van der Waals surface area contributed by atoms with Crippen molar-refractivity contribution in [3.8, 4) is 0 Å². The van der Waals surface area contributed by atoms with Crippen molar-refractivity contribution < 1.29 is 0 Å². The van der Waals surface area contributed by atoms with Gasteiger partial charge in [0.2, 0.25) is 0 Å². The molecular weight excluding hydrogens is 106 g/mol. The molecule has 0 spiro atoms. The van der Waals surface area contributed by atoms with Crippen LogP contribution < -0.4 is 5.32 Å². The van der Waals surface area contributed by atoms with E-state index in [1.165, 1.54) is 0 Å². The second-order valence-electron chi connectivity index (χ2n) is 2.01. The third kappa shape index (κ3) is 1.10. The normalized spacial score (nSPS) is 42.0. The van der Waals surface area contributed by atoms with Gasteiger partial charge in [0.15, 0.2) is 0 Å². The number of nitrogens with one attached hydrogen (secondary N) is 1. The lowest BCUT2D eigenvalue weighted by Gasteiger charge is -2.04. The lowest BCUT2D eigenvalue weighted by molar-refractivity contribution is 0.627. The van der Waals surface area contributed by atoms with E-state index < -0.39 is 0 Å². The van der Waals surface area contributed by atoms with Gasteiger partial charge in [0, 0.05) is 17.2 Å². The Labute approximate surface area is 48.9 Å². The predicted octanol–water partition coefficient (Wildman–Crippen LogP) is 1.06. The average molecular weight is 117 g/mol. The van der Waals surface area contributed by atoms with E-state index in [1.807, 2.05) is 11.8 Å². The third-order valence-corrected chi connectivity index (χ3v) is 2.72. The Kier molecular flexibility index (Phi) is 1.60. The van der Waals surface area contributed by atoms with Gasteiger partial charge in [0.05, 0.1) is 0 Å². The minimum absolute atomic E-state index is 0.727. The highest BCUT2D eigenvalue weighted by Crippen LogP contribution is 2.18. The number of rotatable bonds is 0. The molecule has 1 rings (SSSR count). The fraction of sp³-hybridized carbons (Fsp3) is 1.00. The summed E-state index contributed by atoms with van der Waals surface area (Å²) in [7, 11) is 0. The summed E-state index contributed by atoms with van der Waals surface area (Å²) in [6, 6.07) is 0.727. The molecule has 0 aliphatic carbocycles. The summed E-state index contributed by atoms with van der Waals surface area (Å²) in [5.41, 5.74) is 0. The van der Waals surface area contributed by atoms with Crippen molar-refractivity contribution in [2.75, 3.05) is 5.88 Å². The predicted molar refractivity (Wildman–Crippen MR) is 34.5 cm³/mol. The molecule has 2 unspecified atom stereocenters. The van der Waals surface area contributed by atoms with Crippen molar-refractivity contribution in [3.63, 3.8) is 0 Å². The van der Waals surface area contributed by atoms with E-state index in [-0.39, 0.29) is 0 Å². The lowest BCUT2D eigenvalue weighted by atomic mass is 10.3. The minimum atomic E-state index is 0.727. The number of thioether (sulfide) groups is 1. The molecule has 1 aliphatic heterocycles. The zero-order valence-electron chi connectivity index (χ0n) is 4.77. The van der Waals surface area contributed by atoms with E-state index in [4.69, 9.17) is 0 Å². The van der Waals surface area contributed by atoms with Crippen LogP contribution in [-0.4, -0.2) is 17.2 Å². The maximum Gasteiger partial charge on any atom is 0.0423 e. The summed E-state index contributed by atoms with van der Waals surface area (Å²) in [6.07, 6.45) is 0. The molecule has 42 valence electrons. The summed E-state index contributed by atoms with van der Waals surface area (Å²) in [6.45, 7) is 4.49. The van der Waals surface area contributed by atoms with E-state index in [2.05, 4.69) is 19.2 Å². The zero-order chi connectivity index (χ0) is 5.28. The first kappa shape index (κ1) is 5.45. The van der Waals surface area contributed by atoms with Gasteiger partial charge in [0.25, 0.3) is 0 Å². The fourth-order valence-corrected chi connectivity index (χ4v) is 1.63. The van der Waals surface area contributed by atoms with Crippen molar-refractivity contribution >= 4 is 11.8 Å². The van der Waals surface area contributed by atoms with Crippen LogP contribution in [0.5, 0.6) is 0 Å². The van der Waals surface area contributed by atoms with Gasteiger partial charge in [-0.25, -0.2) is 0 Å². The number of hydrogen-bond donors (Lipinski definition) is 1. The Morgan fingerprint density at radius 2 is 2.29 bits per heavy atom. The van der Waals surface area contributed by atoms with Crippen LogP contribution in [0.25, 0.3) is 0 Å². The van der Waals surface area contributed by atoms with Gasteiger partial charge in [-0.1, -0.05) is 6.92 Å². The molecule has 2 atom stereocenters. The molecule has 7 heavy (non-hydrogen) atoms. The standard InChI is InChI=1S/C5H11NS/c1-4-5(2)7-3-6-4/h4-6H,3H2,1-2H3. The molecule has 1 saturated heterocycles. The van der Waals surface area contributed by atoms with Crippen LogP contribution in [0.3, 0.4) is 0 Å². The van der Waals surface area contributed by atoms with Crippen molar-refractivity contribution in [2.24, 2.45) is 0 Å². The topological polar surface area (TPSA) is 12.0 Å². The third-order valence-electron chi connectivity index (χ3n) is 1.46. The van der Waals surface area contributed by atoms with Crippen LogP contribution in [0.15, 0.2) is 0 Å². The zero-order valence-corrected chi connectivity index (χ0v) is 5.59. The van der Waals surface area contributed by atoms with Crippen LogP contribution in [-0.2, 0) is 0 Å². The smallest absolute Gasteiger partial charge is 0.0423 e. The molecule has 0 bridgehead atoms. The van der Waals surface area contributed by atoms with Crippen molar-refractivity contribution in [2.45, 2.75) is 25.1 Å². The van der Waals surface area contributed by atoms with E-state index in [9.17, 15) is 0 Å². The molecule has 1 nitrogen and oxygen atoms in total. The minimum Gasteiger partial charge on any atom is -0.304 e. The highest BCUT2D eigenvalue weighted by atomic mass is 32.2. The summed E-state index contributed by atoms with van der Waals surface area (Å²) in [5.74, 6) is 1.14. The number of hydrogen-bond acceptors (Lipinski definition) is 2. The van der Waals surface area contributed by atoms with E-state index >= 15 is 0 Å². The second kappa shape index (κ2) is 2.05. The lowest BCUT2D eigenvalue weighted by Crippen LogP contribution is -2.23. The Bertz CT molecular complexity index is 57.1. The molecular formula is C5H11NS. The van der Waals surface area contributed by atoms with E-state index in [1.54, 1.807) is 0 Å². The quantitative estimate of drug-likeness (QED) is 0.509. The van der Waals surface area contributed by atoms with Crippen LogP contribution in [0, 0.1) is 0 Å². The monoisotopic (exact) mass is 117 g/mol. The molecule has 1 aliphatic rings. The first-order valence-electron chi connectivity index (χ1n) is 2.65. The van der Waals surface area contributed by atoms with Crippen LogP contribution in [0.4, 0.5) is 0 Å². The maximum absolute atomic E-state index is 3.33. The van der Waals surface area contributed by atoms with E-state index in [0.717, 1.165) is 17.2 Å². The first-order chi connectivity index (χ1) is 3.30. The van der Waals surface area contributed by atoms with Gasteiger partial charge in [-0.15, -0.1) is 11.8 Å².